The van der Waals surface area contributed by atoms with E-state index in [0.29, 0.717) is 25.8 Å². The molecule has 1 aromatic rings. The van der Waals surface area contributed by atoms with E-state index in [0.717, 1.165) is 17.8 Å². The number of benzene rings is 1. The van der Waals surface area contributed by atoms with Gasteiger partial charge in [0.2, 0.25) is 0 Å². The number of carbonyl (C=O) groups is 1. The smallest absolute Gasteiger partial charge is 0.322 e. The molecular formula is C17H27N3O2. The Bertz CT molecular complexity index is 504. The summed E-state index contributed by atoms with van der Waals surface area (Å²) in [6.07, 6.45) is 0.906. The Hall–Kier alpha value is -1.75. The summed E-state index contributed by atoms with van der Waals surface area (Å²) in [5, 5.41) is 3.01. The molecule has 22 heavy (non-hydrogen) atoms. The van der Waals surface area contributed by atoms with Crippen molar-refractivity contribution in [3.8, 4) is 0 Å². The van der Waals surface area contributed by atoms with Gasteiger partial charge in [0.1, 0.15) is 0 Å². The average molecular weight is 305 g/mol. The summed E-state index contributed by atoms with van der Waals surface area (Å²) in [6.45, 7) is 8.25. The number of rotatable bonds is 4. The van der Waals surface area contributed by atoms with Gasteiger partial charge in [0, 0.05) is 31.0 Å². The number of nitrogens with zero attached hydrogens (tertiary/aromatic N) is 2. The second-order valence-corrected chi connectivity index (χ2v) is 6.02. The van der Waals surface area contributed by atoms with Crippen molar-refractivity contribution in [2.24, 2.45) is 0 Å². The third-order valence-corrected chi connectivity index (χ3v) is 4.24. The minimum Gasteiger partial charge on any atom is -0.377 e. The van der Waals surface area contributed by atoms with Crippen molar-refractivity contribution in [3.05, 3.63) is 24.3 Å². The minimum atomic E-state index is -0.0421. The number of nitrogens with one attached hydrogen (secondary N) is 1. The number of carbonyl (C=O) groups excluding carboxylic acids is 1. The predicted octanol–water partition coefficient (Wildman–Crippen LogP) is 3.17. The Morgan fingerprint density at radius 1 is 1.50 bits per heavy atom. The normalized spacial score (nSPS) is 18.4. The molecule has 1 atom stereocenters. The van der Waals surface area contributed by atoms with E-state index in [9.17, 15) is 4.79 Å². The summed E-state index contributed by atoms with van der Waals surface area (Å²) in [7, 11) is 2.06. The van der Waals surface area contributed by atoms with Crippen LogP contribution in [0.15, 0.2) is 24.3 Å². The highest BCUT2D eigenvalue weighted by atomic mass is 16.5. The largest absolute Gasteiger partial charge is 0.377 e. The molecule has 1 aliphatic rings. The van der Waals surface area contributed by atoms with E-state index >= 15 is 0 Å². The lowest BCUT2D eigenvalue weighted by Gasteiger charge is -2.35. The lowest BCUT2D eigenvalue weighted by molar-refractivity contribution is 0.0144. The highest BCUT2D eigenvalue weighted by molar-refractivity contribution is 5.90. The van der Waals surface area contributed by atoms with Crippen molar-refractivity contribution in [1.82, 2.24) is 4.90 Å². The topological polar surface area (TPSA) is 44.8 Å². The van der Waals surface area contributed by atoms with Crippen LogP contribution in [-0.2, 0) is 4.74 Å². The van der Waals surface area contributed by atoms with Crippen LogP contribution in [0.2, 0.25) is 0 Å². The van der Waals surface area contributed by atoms with Crippen LogP contribution in [0.3, 0.4) is 0 Å². The van der Waals surface area contributed by atoms with Crippen molar-refractivity contribution >= 4 is 17.4 Å². The Balaban J connectivity index is 2.06. The molecule has 0 saturated carbocycles. The number of hydrogen-bond acceptors (Lipinski definition) is 3. The fourth-order valence-corrected chi connectivity index (χ4v) is 2.56. The highest BCUT2D eigenvalue weighted by Gasteiger charge is 2.25. The van der Waals surface area contributed by atoms with Gasteiger partial charge in [0.25, 0.3) is 0 Å². The molecular weight excluding hydrogens is 278 g/mol. The van der Waals surface area contributed by atoms with Crippen LogP contribution in [0.4, 0.5) is 16.2 Å². The lowest BCUT2D eigenvalue weighted by atomic mass is 10.2. The molecule has 5 nitrogen and oxygen atoms in total. The summed E-state index contributed by atoms with van der Waals surface area (Å²) in [5.41, 5.74) is 1.93. The SMILES string of the molecule is CC[C@@H]1COCCN1C(=O)Nc1cccc(N(C)C(C)C)c1. The Kier molecular flexibility index (Phi) is 5.66. The highest BCUT2D eigenvalue weighted by Crippen LogP contribution is 2.21. The first-order chi connectivity index (χ1) is 10.5. The Morgan fingerprint density at radius 3 is 2.95 bits per heavy atom. The van der Waals surface area contributed by atoms with Gasteiger partial charge >= 0.3 is 6.03 Å². The molecule has 0 radical (unpaired) electrons. The lowest BCUT2D eigenvalue weighted by Crippen LogP contribution is -2.50. The van der Waals surface area contributed by atoms with Crippen LogP contribution in [0.5, 0.6) is 0 Å². The van der Waals surface area contributed by atoms with Crippen molar-refractivity contribution in [2.45, 2.75) is 39.3 Å². The van der Waals surface area contributed by atoms with E-state index in [1.165, 1.54) is 0 Å². The molecule has 122 valence electrons. The molecule has 2 rings (SSSR count). The summed E-state index contributed by atoms with van der Waals surface area (Å²) < 4.78 is 5.45. The fourth-order valence-electron chi connectivity index (χ4n) is 2.56. The van der Waals surface area contributed by atoms with E-state index in [4.69, 9.17) is 4.74 Å². The molecule has 0 bridgehead atoms. The second kappa shape index (κ2) is 7.49. The van der Waals surface area contributed by atoms with Crippen molar-refractivity contribution in [3.63, 3.8) is 0 Å². The maximum Gasteiger partial charge on any atom is 0.322 e. The van der Waals surface area contributed by atoms with Crippen molar-refractivity contribution in [1.29, 1.82) is 0 Å². The van der Waals surface area contributed by atoms with Crippen LogP contribution < -0.4 is 10.2 Å². The van der Waals surface area contributed by atoms with Crippen LogP contribution in [0.25, 0.3) is 0 Å². The number of ether oxygens (including phenoxy) is 1. The van der Waals surface area contributed by atoms with Gasteiger partial charge in [-0.25, -0.2) is 4.79 Å². The van der Waals surface area contributed by atoms with Crippen LogP contribution >= 0.6 is 0 Å². The predicted molar refractivity (Wildman–Crippen MR) is 90.6 cm³/mol. The monoisotopic (exact) mass is 305 g/mol. The molecule has 1 fully saturated rings. The maximum absolute atomic E-state index is 12.5. The van der Waals surface area contributed by atoms with E-state index < -0.39 is 0 Å². The summed E-state index contributed by atoms with van der Waals surface area (Å²) in [5.74, 6) is 0. The molecule has 1 aromatic carbocycles. The first-order valence-corrected chi connectivity index (χ1v) is 8.01. The molecule has 2 amide bonds. The molecule has 0 aromatic heterocycles. The minimum absolute atomic E-state index is 0.0421. The molecule has 0 aliphatic carbocycles. The average Bonchev–Trinajstić information content (AvgIpc) is 2.54. The zero-order valence-corrected chi connectivity index (χ0v) is 14.0. The van der Waals surface area contributed by atoms with Crippen LogP contribution in [0, 0.1) is 0 Å². The maximum atomic E-state index is 12.5. The molecule has 1 aliphatic heterocycles. The summed E-state index contributed by atoms with van der Waals surface area (Å²) in [4.78, 5) is 16.6. The van der Waals surface area contributed by atoms with Crippen molar-refractivity contribution < 1.29 is 9.53 Å². The van der Waals surface area contributed by atoms with Crippen LogP contribution in [0.1, 0.15) is 27.2 Å². The van der Waals surface area contributed by atoms with Crippen LogP contribution in [-0.4, -0.2) is 49.8 Å². The van der Waals surface area contributed by atoms with Gasteiger partial charge in [-0.05, 0) is 38.5 Å². The van der Waals surface area contributed by atoms with E-state index in [2.05, 4.69) is 44.1 Å². The third kappa shape index (κ3) is 3.91. The summed E-state index contributed by atoms with van der Waals surface area (Å²) in [6, 6.07) is 8.50. The van der Waals surface area contributed by atoms with Gasteiger partial charge in [-0.3, -0.25) is 0 Å². The molecule has 5 heteroatoms. The van der Waals surface area contributed by atoms with Crippen molar-refractivity contribution in [2.75, 3.05) is 37.0 Å². The number of morpholine rings is 1. The molecule has 0 spiro atoms. The van der Waals surface area contributed by atoms with Gasteiger partial charge in [-0.15, -0.1) is 0 Å². The fraction of sp³-hybridized carbons (Fsp3) is 0.588. The number of amides is 2. The number of anilines is 2. The van der Waals surface area contributed by atoms with Gasteiger partial charge < -0.3 is 19.9 Å². The summed E-state index contributed by atoms with van der Waals surface area (Å²) >= 11 is 0. The Labute approximate surface area is 133 Å². The van der Waals surface area contributed by atoms with Gasteiger partial charge in [-0.2, -0.15) is 0 Å². The van der Waals surface area contributed by atoms with Gasteiger partial charge in [-0.1, -0.05) is 13.0 Å². The molecule has 1 heterocycles. The molecule has 1 N–H and O–H groups in total. The standard InChI is InChI=1S/C17H27N3O2/c1-5-15-12-22-10-9-20(15)17(21)18-14-7-6-8-16(11-14)19(4)13(2)3/h6-8,11,13,15H,5,9-10,12H2,1-4H3,(H,18,21)/t15-/m1/s1. The van der Waals surface area contributed by atoms with E-state index in [1.807, 2.05) is 23.1 Å². The quantitative estimate of drug-likeness (QED) is 0.929. The van der Waals surface area contributed by atoms with Gasteiger partial charge in [0.05, 0.1) is 19.3 Å². The zero-order valence-electron chi connectivity index (χ0n) is 14.0. The first kappa shape index (κ1) is 16.6. The zero-order chi connectivity index (χ0) is 16.1. The molecule has 0 unspecified atom stereocenters. The third-order valence-electron chi connectivity index (χ3n) is 4.24. The number of urea groups is 1. The Morgan fingerprint density at radius 2 is 2.27 bits per heavy atom. The van der Waals surface area contributed by atoms with E-state index in [1.54, 1.807) is 0 Å². The second-order valence-electron chi connectivity index (χ2n) is 6.02. The van der Waals surface area contributed by atoms with E-state index in [-0.39, 0.29) is 12.1 Å². The molecule has 1 saturated heterocycles. The van der Waals surface area contributed by atoms with Gasteiger partial charge in [0.15, 0.2) is 0 Å². The number of hydrogen-bond donors (Lipinski definition) is 1. The first-order valence-electron chi connectivity index (χ1n) is 8.01.